The minimum Gasteiger partial charge on any atom is -0.492 e. The molecule has 0 unspecified atom stereocenters. The van der Waals surface area contributed by atoms with E-state index in [2.05, 4.69) is 29.0 Å². The molecule has 170 valence electrons. The lowest BCUT2D eigenvalue weighted by molar-refractivity contribution is -0.0276. The SMILES string of the molecule is CC(C)Oc1ccc(N(C)CCC2(O)CCN(CCOc3ccc(F)cc3)CC2)cc1. The van der Waals surface area contributed by atoms with E-state index in [9.17, 15) is 9.50 Å². The average Bonchev–Trinajstić information content (AvgIpc) is 2.75. The van der Waals surface area contributed by atoms with Gasteiger partial charge in [-0.05, 0) is 81.6 Å². The molecule has 0 saturated carbocycles. The van der Waals surface area contributed by atoms with Crippen LogP contribution in [0.5, 0.6) is 11.5 Å². The van der Waals surface area contributed by atoms with Crippen molar-refractivity contribution in [3.63, 3.8) is 0 Å². The number of hydrogen-bond acceptors (Lipinski definition) is 5. The lowest BCUT2D eigenvalue weighted by Gasteiger charge is -2.39. The van der Waals surface area contributed by atoms with Crippen LogP contribution in [0.25, 0.3) is 0 Å². The van der Waals surface area contributed by atoms with E-state index in [0.717, 1.165) is 56.9 Å². The van der Waals surface area contributed by atoms with E-state index >= 15 is 0 Å². The summed E-state index contributed by atoms with van der Waals surface area (Å²) in [5, 5.41) is 11.0. The molecular weight excluding hydrogens is 395 g/mol. The zero-order chi connectivity index (χ0) is 22.3. The minimum atomic E-state index is -0.622. The highest BCUT2D eigenvalue weighted by Crippen LogP contribution is 2.27. The first-order chi connectivity index (χ1) is 14.8. The molecule has 0 aromatic heterocycles. The van der Waals surface area contributed by atoms with Crippen LogP contribution in [-0.2, 0) is 0 Å². The lowest BCUT2D eigenvalue weighted by atomic mass is 9.88. The number of hydrogen-bond donors (Lipinski definition) is 1. The first-order valence-corrected chi connectivity index (χ1v) is 11.1. The smallest absolute Gasteiger partial charge is 0.123 e. The van der Waals surface area contributed by atoms with Gasteiger partial charge in [0.1, 0.15) is 23.9 Å². The van der Waals surface area contributed by atoms with Crippen molar-refractivity contribution in [2.75, 3.05) is 44.7 Å². The number of benzene rings is 2. The van der Waals surface area contributed by atoms with Gasteiger partial charge in [-0.2, -0.15) is 0 Å². The molecule has 2 aromatic carbocycles. The van der Waals surface area contributed by atoms with Gasteiger partial charge in [0, 0.05) is 38.9 Å². The summed E-state index contributed by atoms with van der Waals surface area (Å²) in [5.74, 6) is 1.30. The molecule has 3 rings (SSSR count). The van der Waals surface area contributed by atoms with Crippen molar-refractivity contribution in [1.82, 2.24) is 4.90 Å². The molecular formula is C25H35FN2O3. The number of halogens is 1. The van der Waals surface area contributed by atoms with E-state index in [4.69, 9.17) is 9.47 Å². The van der Waals surface area contributed by atoms with E-state index in [1.54, 1.807) is 12.1 Å². The number of aliphatic hydroxyl groups is 1. The van der Waals surface area contributed by atoms with Crippen LogP contribution < -0.4 is 14.4 Å². The Kier molecular flexibility index (Phi) is 8.15. The summed E-state index contributed by atoms with van der Waals surface area (Å²) in [7, 11) is 2.06. The van der Waals surface area contributed by atoms with Crippen LogP contribution in [0.3, 0.4) is 0 Å². The summed E-state index contributed by atoms with van der Waals surface area (Å²) in [5.41, 5.74) is 0.499. The van der Waals surface area contributed by atoms with E-state index < -0.39 is 5.60 Å². The number of piperidine rings is 1. The Morgan fingerprint density at radius 1 is 1.03 bits per heavy atom. The van der Waals surface area contributed by atoms with Crippen LogP contribution in [0.4, 0.5) is 10.1 Å². The first kappa shape index (κ1) is 23.4. The van der Waals surface area contributed by atoms with E-state index in [-0.39, 0.29) is 11.9 Å². The van der Waals surface area contributed by atoms with Gasteiger partial charge in [0.25, 0.3) is 0 Å². The van der Waals surface area contributed by atoms with Gasteiger partial charge < -0.3 is 19.5 Å². The van der Waals surface area contributed by atoms with Crippen molar-refractivity contribution < 1.29 is 19.0 Å². The quantitative estimate of drug-likeness (QED) is 0.607. The Bertz CT molecular complexity index is 787. The summed E-state index contributed by atoms with van der Waals surface area (Å²) in [6.45, 7) is 7.91. The van der Waals surface area contributed by atoms with Crippen LogP contribution in [0.15, 0.2) is 48.5 Å². The van der Waals surface area contributed by atoms with Crippen molar-refractivity contribution in [3.05, 3.63) is 54.3 Å². The van der Waals surface area contributed by atoms with Gasteiger partial charge >= 0.3 is 0 Å². The maximum absolute atomic E-state index is 12.9. The molecule has 0 amide bonds. The lowest BCUT2D eigenvalue weighted by Crippen LogP contribution is -2.46. The predicted molar refractivity (Wildman–Crippen MR) is 123 cm³/mol. The normalized spacial score (nSPS) is 16.3. The molecule has 1 aliphatic heterocycles. The molecule has 1 fully saturated rings. The van der Waals surface area contributed by atoms with Crippen molar-refractivity contribution >= 4 is 5.69 Å². The first-order valence-electron chi connectivity index (χ1n) is 11.1. The molecule has 31 heavy (non-hydrogen) atoms. The standard InChI is InChI=1S/C25H35FN2O3/c1-20(2)31-24-10-6-22(7-11-24)27(3)15-12-25(29)13-16-28(17-14-25)18-19-30-23-8-4-21(26)5-9-23/h4-11,20,29H,12-19H2,1-3H3. The number of ether oxygens (including phenoxy) is 2. The fraction of sp³-hybridized carbons (Fsp3) is 0.520. The van der Waals surface area contributed by atoms with Crippen LogP contribution in [-0.4, -0.2) is 61.5 Å². The monoisotopic (exact) mass is 430 g/mol. The summed E-state index contributed by atoms with van der Waals surface area (Å²) < 4.78 is 24.3. The number of anilines is 1. The third-order valence-electron chi connectivity index (χ3n) is 5.84. The van der Waals surface area contributed by atoms with Crippen LogP contribution >= 0.6 is 0 Å². The molecule has 1 aliphatic rings. The maximum Gasteiger partial charge on any atom is 0.123 e. The molecule has 5 nitrogen and oxygen atoms in total. The summed E-state index contributed by atoms with van der Waals surface area (Å²) in [6, 6.07) is 14.2. The molecule has 2 aromatic rings. The van der Waals surface area contributed by atoms with E-state index in [0.29, 0.717) is 12.4 Å². The van der Waals surface area contributed by atoms with Gasteiger partial charge in [-0.3, -0.25) is 4.90 Å². The fourth-order valence-electron chi connectivity index (χ4n) is 3.82. The zero-order valence-electron chi connectivity index (χ0n) is 18.9. The van der Waals surface area contributed by atoms with Gasteiger partial charge in [0.05, 0.1) is 11.7 Å². The van der Waals surface area contributed by atoms with Gasteiger partial charge in [0.15, 0.2) is 0 Å². The van der Waals surface area contributed by atoms with E-state index in [1.165, 1.54) is 12.1 Å². The predicted octanol–water partition coefficient (Wildman–Crippen LogP) is 4.35. The second-order valence-corrected chi connectivity index (χ2v) is 8.70. The molecule has 1 N–H and O–H groups in total. The largest absolute Gasteiger partial charge is 0.492 e. The number of rotatable bonds is 10. The number of nitrogens with zero attached hydrogens (tertiary/aromatic N) is 2. The van der Waals surface area contributed by atoms with Crippen molar-refractivity contribution in [2.24, 2.45) is 0 Å². The van der Waals surface area contributed by atoms with Crippen LogP contribution in [0.1, 0.15) is 33.1 Å². The Balaban J connectivity index is 1.37. The minimum absolute atomic E-state index is 0.165. The van der Waals surface area contributed by atoms with Crippen molar-refractivity contribution in [2.45, 2.75) is 44.8 Å². The molecule has 0 bridgehead atoms. The summed E-state index contributed by atoms with van der Waals surface area (Å²) in [6.07, 6.45) is 2.43. The highest BCUT2D eigenvalue weighted by Gasteiger charge is 2.32. The maximum atomic E-state index is 12.9. The topological polar surface area (TPSA) is 45.2 Å². The summed E-state index contributed by atoms with van der Waals surface area (Å²) in [4.78, 5) is 4.50. The van der Waals surface area contributed by atoms with Gasteiger partial charge in [-0.15, -0.1) is 0 Å². The Labute approximate surface area is 185 Å². The number of likely N-dealkylation sites (tertiary alicyclic amines) is 1. The van der Waals surface area contributed by atoms with Gasteiger partial charge in [0.2, 0.25) is 0 Å². The zero-order valence-corrected chi connectivity index (χ0v) is 18.9. The second kappa shape index (κ2) is 10.8. The molecule has 0 spiro atoms. The van der Waals surface area contributed by atoms with Gasteiger partial charge in [-0.1, -0.05) is 0 Å². The molecule has 6 heteroatoms. The molecule has 0 aliphatic carbocycles. The van der Waals surface area contributed by atoms with E-state index in [1.807, 2.05) is 26.0 Å². The Hall–Kier alpha value is -2.31. The van der Waals surface area contributed by atoms with Crippen LogP contribution in [0, 0.1) is 5.82 Å². The van der Waals surface area contributed by atoms with Crippen molar-refractivity contribution in [1.29, 1.82) is 0 Å². The Morgan fingerprint density at radius 3 is 2.26 bits per heavy atom. The fourth-order valence-corrected chi connectivity index (χ4v) is 3.82. The molecule has 1 heterocycles. The third kappa shape index (κ3) is 7.40. The third-order valence-corrected chi connectivity index (χ3v) is 5.84. The van der Waals surface area contributed by atoms with Crippen LogP contribution in [0.2, 0.25) is 0 Å². The van der Waals surface area contributed by atoms with Crippen molar-refractivity contribution in [3.8, 4) is 11.5 Å². The summed E-state index contributed by atoms with van der Waals surface area (Å²) >= 11 is 0. The second-order valence-electron chi connectivity index (χ2n) is 8.70. The molecule has 0 atom stereocenters. The molecule has 1 saturated heterocycles. The highest BCUT2D eigenvalue weighted by molar-refractivity contribution is 5.48. The highest BCUT2D eigenvalue weighted by atomic mass is 19.1. The van der Waals surface area contributed by atoms with Gasteiger partial charge in [-0.25, -0.2) is 4.39 Å². The Morgan fingerprint density at radius 2 is 1.65 bits per heavy atom. The average molecular weight is 431 g/mol. The molecule has 0 radical (unpaired) electrons.